The molecule has 1 aromatic heterocycles. The summed E-state index contributed by atoms with van der Waals surface area (Å²) in [6.07, 6.45) is 0. The number of hydrogen-bond acceptors (Lipinski definition) is 10. The lowest BCUT2D eigenvalue weighted by molar-refractivity contribution is -0.153. The molecule has 1 saturated heterocycles. The topological polar surface area (TPSA) is 171 Å². The lowest BCUT2D eigenvalue weighted by atomic mass is 9.94. The Morgan fingerprint density at radius 2 is 2.31 bits per heavy atom. The predicted molar refractivity (Wildman–Crippen MR) is 105 cm³/mol. The summed E-state index contributed by atoms with van der Waals surface area (Å²) in [7, 11) is 1.25. The van der Waals surface area contributed by atoms with Crippen LogP contribution >= 0.6 is 23.1 Å². The molecule has 2 atom stereocenters. The highest BCUT2D eigenvalue weighted by Gasteiger charge is 2.54. The number of nitrogens with one attached hydrogen (secondary N) is 1. The normalized spacial score (nSPS) is 21.0. The Balaban J connectivity index is 1.83. The second kappa shape index (κ2) is 7.94. The highest BCUT2D eigenvalue weighted by atomic mass is 32.2. The Bertz CT molecular complexity index is 1020. The number of nitrogens with zero attached hydrogens (tertiary/aromatic N) is 4. The number of carboxylic acid groups (broad SMARTS) is 1. The number of fused-ring (bicyclic) bond motifs is 1. The van der Waals surface area contributed by atoms with Gasteiger partial charge in [-0.3, -0.25) is 14.5 Å². The minimum absolute atomic E-state index is 0.0400. The van der Waals surface area contributed by atoms with E-state index in [1.807, 2.05) is 0 Å². The number of nitrogens with two attached hydrogens (primary N) is 1. The highest BCUT2D eigenvalue weighted by Crippen LogP contribution is 2.41. The van der Waals surface area contributed by atoms with Crippen molar-refractivity contribution in [3.63, 3.8) is 0 Å². The number of carboxylic acids is 1. The van der Waals surface area contributed by atoms with E-state index >= 15 is 0 Å². The van der Waals surface area contributed by atoms with E-state index in [0.717, 1.165) is 28.0 Å². The van der Waals surface area contributed by atoms with Crippen LogP contribution in [0.3, 0.4) is 0 Å². The number of nitrogen functional groups attached to an aromatic ring is 1. The number of carbonyl (C=O) groups excluding carboxylic acids is 2. The average molecular weight is 434 g/mol. The van der Waals surface area contributed by atoms with Gasteiger partial charge < -0.3 is 21.0 Å². The van der Waals surface area contributed by atoms with Crippen molar-refractivity contribution in [2.24, 2.45) is 5.16 Å². The van der Waals surface area contributed by atoms with Crippen molar-refractivity contribution in [2.45, 2.75) is 12.1 Å². The number of hydrogen-bond donors (Lipinski definition) is 3. The van der Waals surface area contributed by atoms with Crippen LogP contribution < -0.4 is 11.1 Å². The fraction of sp³-hybridized carbons (Fsp3) is 0.250. The summed E-state index contributed by atoms with van der Waals surface area (Å²) < 4.78 is 0. The van der Waals surface area contributed by atoms with Crippen molar-refractivity contribution < 1.29 is 24.3 Å². The van der Waals surface area contributed by atoms with Gasteiger partial charge >= 0.3 is 5.97 Å². The minimum Gasteiger partial charge on any atom is -0.477 e. The molecular formula is C16H14N6O5S2. The van der Waals surface area contributed by atoms with Crippen LogP contribution in [0.25, 0.3) is 0 Å². The van der Waals surface area contributed by atoms with Crippen LogP contribution in [0.4, 0.5) is 5.13 Å². The molecule has 3 rings (SSSR count). The van der Waals surface area contributed by atoms with Gasteiger partial charge in [0.15, 0.2) is 10.8 Å². The summed E-state index contributed by atoms with van der Waals surface area (Å²) >= 11 is 2.20. The summed E-state index contributed by atoms with van der Waals surface area (Å²) in [4.78, 5) is 46.8. The van der Waals surface area contributed by atoms with Gasteiger partial charge in [-0.25, -0.2) is 9.78 Å². The number of carbonyl (C=O) groups is 3. The van der Waals surface area contributed by atoms with Gasteiger partial charge in [0.1, 0.15) is 24.5 Å². The van der Waals surface area contributed by atoms with Crippen LogP contribution in [0.1, 0.15) is 5.69 Å². The Hall–Kier alpha value is -3.37. The molecule has 2 amide bonds. The SMILES string of the molecule is C=C(C#N)C1=C(C(=O)O)N2C(=O)C(NC(=O)/C(=N/OC)c3csc(N)n3)C2CS1. The van der Waals surface area contributed by atoms with Crippen molar-refractivity contribution in [1.82, 2.24) is 15.2 Å². The first-order chi connectivity index (χ1) is 13.8. The fourth-order valence-corrected chi connectivity index (χ4v) is 4.65. The summed E-state index contributed by atoms with van der Waals surface area (Å²) in [5.41, 5.74) is 5.25. The van der Waals surface area contributed by atoms with Crippen molar-refractivity contribution in [2.75, 3.05) is 18.6 Å². The first-order valence-electron chi connectivity index (χ1n) is 7.96. The Morgan fingerprint density at radius 3 is 2.86 bits per heavy atom. The van der Waals surface area contributed by atoms with E-state index in [0.29, 0.717) is 0 Å². The molecule has 0 aliphatic carbocycles. The van der Waals surface area contributed by atoms with Crippen LogP contribution in [0.2, 0.25) is 0 Å². The van der Waals surface area contributed by atoms with Crippen LogP contribution in [0.5, 0.6) is 0 Å². The third-order valence-electron chi connectivity index (χ3n) is 4.13. The molecule has 3 heterocycles. The summed E-state index contributed by atoms with van der Waals surface area (Å²) in [6, 6.07) is 0.242. The number of rotatable bonds is 6. The molecule has 0 radical (unpaired) electrons. The van der Waals surface area contributed by atoms with Crippen molar-refractivity contribution >= 4 is 51.7 Å². The predicted octanol–water partition coefficient (Wildman–Crippen LogP) is -0.106. The molecule has 2 aliphatic rings. The van der Waals surface area contributed by atoms with E-state index in [-0.39, 0.29) is 38.5 Å². The van der Waals surface area contributed by atoms with Gasteiger partial charge in [-0.1, -0.05) is 11.7 Å². The molecule has 0 saturated carbocycles. The number of aromatic nitrogens is 1. The van der Waals surface area contributed by atoms with Gasteiger partial charge in [0.05, 0.1) is 22.6 Å². The molecule has 11 nitrogen and oxygen atoms in total. The summed E-state index contributed by atoms with van der Waals surface area (Å²) in [5.74, 6) is -2.40. The van der Waals surface area contributed by atoms with Gasteiger partial charge in [-0.15, -0.1) is 23.1 Å². The fourth-order valence-electron chi connectivity index (χ4n) is 2.88. The maximum atomic E-state index is 12.6. The molecule has 150 valence electrons. The average Bonchev–Trinajstić information content (AvgIpc) is 3.13. The Kier molecular flexibility index (Phi) is 5.57. The quantitative estimate of drug-likeness (QED) is 0.239. The summed E-state index contributed by atoms with van der Waals surface area (Å²) in [6.45, 7) is 3.53. The maximum Gasteiger partial charge on any atom is 0.353 e. The standard InChI is InChI=1S/C16H14N6O5S2/c1-6(3-17)12-11(15(25)26)22-8(5-28-12)10(14(22)24)20-13(23)9(21-27-2)7-4-29-16(18)19-7/h4,8,10H,1,5H2,2H3,(H2,18,19)(H,20,23)(H,25,26)/b21-9+. The lowest BCUT2D eigenvalue weighted by Gasteiger charge is -2.49. The molecule has 0 bridgehead atoms. The van der Waals surface area contributed by atoms with E-state index in [1.54, 1.807) is 6.07 Å². The number of aliphatic carboxylic acids is 1. The van der Waals surface area contributed by atoms with Crippen molar-refractivity contribution in [3.05, 3.63) is 33.8 Å². The zero-order valence-corrected chi connectivity index (χ0v) is 16.5. The molecular weight excluding hydrogens is 420 g/mol. The second-order valence-corrected chi connectivity index (χ2v) is 7.72. The van der Waals surface area contributed by atoms with E-state index < -0.39 is 29.9 Å². The zero-order chi connectivity index (χ0) is 21.3. The van der Waals surface area contributed by atoms with Crippen LogP contribution in [0, 0.1) is 11.3 Å². The van der Waals surface area contributed by atoms with Gasteiger partial charge in [0, 0.05) is 11.1 Å². The number of anilines is 1. The van der Waals surface area contributed by atoms with Crippen molar-refractivity contribution in [1.29, 1.82) is 5.26 Å². The minimum atomic E-state index is -1.36. The van der Waals surface area contributed by atoms with E-state index in [9.17, 15) is 19.5 Å². The third kappa shape index (κ3) is 3.55. The van der Waals surface area contributed by atoms with Crippen LogP contribution in [-0.4, -0.2) is 63.4 Å². The van der Waals surface area contributed by atoms with Gasteiger partial charge in [0.2, 0.25) is 0 Å². The monoisotopic (exact) mass is 434 g/mol. The highest BCUT2D eigenvalue weighted by molar-refractivity contribution is 8.03. The molecule has 4 N–H and O–H groups in total. The first kappa shape index (κ1) is 20.4. The molecule has 29 heavy (non-hydrogen) atoms. The number of thioether (sulfide) groups is 1. The van der Waals surface area contributed by atoms with Gasteiger partial charge in [-0.05, 0) is 0 Å². The molecule has 0 aromatic carbocycles. The first-order valence-corrected chi connectivity index (χ1v) is 9.82. The largest absolute Gasteiger partial charge is 0.477 e. The second-order valence-electron chi connectivity index (χ2n) is 5.80. The van der Waals surface area contributed by atoms with Gasteiger partial charge in [-0.2, -0.15) is 5.26 Å². The maximum absolute atomic E-state index is 12.6. The van der Waals surface area contributed by atoms with Gasteiger partial charge in [0.25, 0.3) is 11.8 Å². The number of oxime groups is 1. The zero-order valence-electron chi connectivity index (χ0n) is 14.9. The van der Waals surface area contributed by atoms with E-state index in [1.165, 1.54) is 12.5 Å². The molecule has 0 spiro atoms. The molecule has 2 aliphatic heterocycles. The van der Waals surface area contributed by atoms with Crippen molar-refractivity contribution in [3.8, 4) is 6.07 Å². The smallest absolute Gasteiger partial charge is 0.353 e. The summed E-state index contributed by atoms with van der Waals surface area (Å²) in [5, 5.41) is 26.5. The number of nitriles is 1. The number of allylic oxidation sites excluding steroid dienone is 1. The molecule has 13 heteroatoms. The van der Waals surface area contributed by atoms with E-state index in [4.69, 9.17) is 11.0 Å². The molecule has 1 aromatic rings. The van der Waals surface area contributed by atoms with Crippen LogP contribution in [-0.2, 0) is 19.2 Å². The van der Waals surface area contributed by atoms with E-state index in [2.05, 4.69) is 26.9 Å². The Morgan fingerprint density at radius 1 is 1.59 bits per heavy atom. The molecule has 1 fully saturated rings. The number of amides is 2. The third-order valence-corrected chi connectivity index (χ3v) is 6.05. The van der Waals surface area contributed by atoms with Crippen LogP contribution in [0.15, 0.2) is 33.3 Å². The molecule has 2 unspecified atom stereocenters. The number of β-lactam (4-membered cyclic amide) rings is 1. The number of thiazole rings is 1. The lowest BCUT2D eigenvalue weighted by Crippen LogP contribution is -2.73. The Labute approximate surface area is 172 Å².